The first-order chi connectivity index (χ1) is 9.81. The van der Waals surface area contributed by atoms with Gasteiger partial charge in [0.15, 0.2) is 0 Å². The number of halogens is 1. The molecule has 0 bridgehead atoms. The Morgan fingerprint density at radius 2 is 1.90 bits per heavy atom. The topological polar surface area (TPSA) is 54.0 Å². The van der Waals surface area contributed by atoms with Gasteiger partial charge in [-0.25, -0.2) is 0 Å². The van der Waals surface area contributed by atoms with Crippen molar-refractivity contribution >= 4 is 18.3 Å². The van der Waals surface area contributed by atoms with E-state index >= 15 is 0 Å². The zero-order valence-corrected chi connectivity index (χ0v) is 13.7. The van der Waals surface area contributed by atoms with Crippen molar-refractivity contribution in [2.24, 2.45) is 0 Å². The van der Waals surface area contributed by atoms with Crippen molar-refractivity contribution in [3.63, 3.8) is 0 Å². The zero-order valence-electron chi connectivity index (χ0n) is 12.9. The monoisotopic (exact) mass is 321 g/mol. The Kier molecular flexibility index (Phi) is 9.19. The van der Waals surface area contributed by atoms with E-state index in [9.17, 15) is 4.79 Å². The van der Waals surface area contributed by atoms with Crippen LogP contribution in [0.3, 0.4) is 0 Å². The number of hydrogen-bond donors (Lipinski definition) is 1. The second kappa shape index (κ2) is 10.3. The van der Waals surface area contributed by atoms with Crippen molar-refractivity contribution in [1.82, 2.24) is 15.1 Å². The predicted octanol–water partition coefficient (Wildman–Crippen LogP) is -0.0326. The third-order valence-electron chi connectivity index (χ3n) is 3.99. The molecule has 7 heteroatoms. The molecule has 2 aliphatic heterocycles. The smallest absolute Gasteiger partial charge is 0.248 e. The summed E-state index contributed by atoms with van der Waals surface area (Å²) in [6.45, 7) is 9.91. The lowest BCUT2D eigenvalue weighted by molar-refractivity contribution is -0.135. The molecule has 2 heterocycles. The summed E-state index contributed by atoms with van der Waals surface area (Å²) in [5.41, 5.74) is 0. The van der Waals surface area contributed by atoms with Crippen LogP contribution in [0, 0.1) is 0 Å². The second-order valence-electron chi connectivity index (χ2n) is 5.32. The maximum absolute atomic E-state index is 12.0. The summed E-state index contributed by atoms with van der Waals surface area (Å²) in [7, 11) is 0. The third kappa shape index (κ3) is 6.08. The Morgan fingerprint density at radius 1 is 1.19 bits per heavy atom. The lowest BCUT2D eigenvalue weighted by Gasteiger charge is -2.32. The average molecular weight is 322 g/mol. The van der Waals surface area contributed by atoms with Gasteiger partial charge in [-0.15, -0.1) is 12.4 Å². The molecule has 0 aromatic rings. The number of nitrogens with zero attached hydrogens (tertiary/aromatic N) is 2. The molecule has 21 heavy (non-hydrogen) atoms. The van der Waals surface area contributed by atoms with E-state index in [1.54, 1.807) is 0 Å². The van der Waals surface area contributed by atoms with Gasteiger partial charge in [-0.05, 0) is 13.3 Å². The number of rotatable bonds is 7. The summed E-state index contributed by atoms with van der Waals surface area (Å²) in [4.78, 5) is 16.5. The van der Waals surface area contributed by atoms with Crippen LogP contribution in [0.1, 0.15) is 13.3 Å². The summed E-state index contributed by atoms with van der Waals surface area (Å²) < 4.78 is 10.5. The highest BCUT2D eigenvalue weighted by Gasteiger charge is 2.30. The molecule has 2 fully saturated rings. The third-order valence-corrected chi connectivity index (χ3v) is 3.99. The van der Waals surface area contributed by atoms with Gasteiger partial charge >= 0.3 is 0 Å². The lowest BCUT2D eigenvalue weighted by atomic mass is 10.2. The van der Waals surface area contributed by atoms with Crippen molar-refractivity contribution in [2.45, 2.75) is 19.4 Å². The highest BCUT2D eigenvalue weighted by Crippen LogP contribution is 2.16. The molecule has 0 spiro atoms. The molecule has 0 aromatic heterocycles. The van der Waals surface area contributed by atoms with E-state index in [-0.39, 0.29) is 24.9 Å². The normalized spacial score (nSPS) is 23.1. The Hall–Kier alpha value is -0.400. The highest BCUT2D eigenvalue weighted by atomic mass is 35.5. The Balaban J connectivity index is 0.00000220. The number of nitrogens with one attached hydrogen (secondary N) is 1. The van der Waals surface area contributed by atoms with E-state index in [4.69, 9.17) is 9.47 Å². The van der Waals surface area contributed by atoms with E-state index in [2.05, 4.69) is 10.2 Å². The summed E-state index contributed by atoms with van der Waals surface area (Å²) in [6, 6.07) is 0.532. The maximum Gasteiger partial charge on any atom is 0.248 e. The molecule has 2 saturated heterocycles. The first kappa shape index (κ1) is 18.6. The van der Waals surface area contributed by atoms with E-state index in [0.29, 0.717) is 25.9 Å². The Labute approximate surface area is 133 Å². The Bertz CT molecular complexity index is 301. The number of piperazine rings is 1. The Morgan fingerprint density at radius 3 is 2.62 bits per heavy atom. The molecular weight excluding hydrogens is 294 g/mol. The maximum atomic E-state index is 12.0. The molecule has 2 aliphatic rings. The van der Waals surface area contributed by atoms with Gasteiger partial charge in [0.1, 0.15) is 6.61 Å². The highest BCUT2D eigenvalue weighted by molar-refractivity contribution is 5.85. The van der Waals surface area contributed by atoms with Crippen LogP contribution in [0.15, 0.2) is 0 Å². The zero-order chi connectivity index (χ0) is 14.2. The van der Waals surface area contributed by atoms with E-state index in [0.717, 1.165) is 45.7 Å². The molecule has 0 saturated carbocycles. The van der Waals surface area contributed by atoms with E-state index in [1.165, 1.54) is 0 Å². The molecule has 0 aliphatic carbocycles. The molecular formula is C14H28ClN3O3. The van der Waals surface area contributed by atoms with Gasteiger partial charge < -0.3 is 19.7 Å². The van der Waals surface area contributed by atoms with Gasteiger partial charge in [0.25, 0.3) is 0 Å². The lowest BCUT2D eigenvalue weighted by Crippen LogP contribution is -2.49. The summed E-state index contributed by atoms with van der Waals surface area (Å²) >= 11 is 0. The number of carbonyl (C=O) groups excluding carboxylic acids is 1. The molecule has 2 rings (SSSR count). The van der Waals surface area contributed by atoms with E-state index in [1.807, 2.05) is 11.8 Å². The van der Waals surface area contributed by atoms with E-state index < -0.39 is 0 Å². The van der Waals surface area contributed by atoms with Crippen LogP contribution in [-0.4, -0.2) is 87.4 Å². The van der Waals surface area contributed by atoms with Crippen LogP contribution in [0.25, 0.3) is 0 Å². The molecule has 1 atom stereocenters. The van der Waals surface area contributed by atoms with Crippen molar-refractivity contribution < 1.29 is 14.3 Å². The quantitative estimate of drug-likeness (QED) is 0.667. The largest absolute Gasteiger partial charge is 0.379 e. The fourth-order valence-electron chi connectivity index (χ4n) is 2.83. The standard InChI is InChI=1S/C14H27N3O3.ClH/c1-2-19-9-10-20-12-14(18)17-6-3-13(11-17)16-7-4-15-5-8-16;/h13,15H,2-12H2,1H3;1H. The molecule has 1 N–H and O–H groups in total. The van der Waals surface area contributed by atoms with Crippen LogP contribution in [0.5, 0.6) is 0 Å². The summed E-state index contributed by atoms with van der Waals surface area (Å²) in [5, 5.41) is 3.36. The van der Waals surface area contributed by atoms with Gasteiger partial charge in [0, 0.05) is 51.9 Å². The van der Waals surface area contributed by atoms with Crippen LogP contribution < -0.4 is 5.32 Å². The van der Waals surface area contributed by atoms with Crippen molar-refractivity contribution in [1.29, 1.82) is 0 Å². The molecule has 1 amide bonds. The molecule has 6 nitrogen and oxygen atoms in total. The molecule has 0 radical (unpaired) electrons. The van der Waals surface area contributed by atoms with Crippen molar-refractivity contribution in [3.05, 3.63) is 0 Å². The van der Waals surface area contributed by atoms with Crippen LogP contribution in [0.2, 0.25) is 0 Å². The van der Waals surface area contributed by atoms with Crippen LogP contribution >= 0.6 is 12.4 Å². The minimum Gasteiger partial charge on any atom is -0.379 e. The summed E-state index contributed by atoms with van der Waals surface area (Å²) in [6.07, 6.45) is 1.09. The SMILES string of the molecule is CCOCCOCC(=O)N1CCC(N2CCNCC2)C1.Cl. The fraction of sp³-hybridized carbons (Fsp3) is 0.929. The van der Waals surface area contributed by atoms with Gasteiger partial charge in [-0.2, -0.15) is 0 Å². The van der Waals surface area contributed by atoms with Crippen molar-refractivity contribution in [2.75, 3.05) is 65.7 Å². The number of carbonyl (C=O) groups is 1. The number of ether oxygens (including phenoxy) is 2. The molecule has 124 valence electrons. The van der Waals surface area contributed by atoms with Gasteiger partial charge in [-0.3, -0.25) is 9.69 Å². The fourth-order valence-corrected chi connectivity index (χ4v) is 2.83. The first-order valence-corrected chi connectivity index (χ1v) is 7.69. The van der Waals surface area contributed by atoms with Crippen molar-refractivity contribution in [3.8, 4) is 0 Å². The number of hydrogen-bond acceptors (Lipinski definition) is 5. The number of amides is 1. The van der Waals surface area contributed by atoms with Gasteiger partial charge in [0.05, 0.1) is 13.2 Å². The summed E-state index contributed by atoms with van der Waals surface area (Å²) in [5.74, 6) is 0.110. The molecule has 1 unspecified atom stereocenters. The van der Waals surface area contributed by atoms with Gasteiger partial charge in [-0.1, -0.05) is 0 Å². The second-order valence-corrected chi connectivity index (χ2v) is 5.32. The first-order valence-electron chi connectivity index (χ1n) is 7.69. The number of likely N-dealkylation sites (tertiary alicyclic amines) is 1. The predicted molar refractivity (Wildman–Crippen MR) is 84.0 cm³/mol. The minimum absolute atomic E-state index is 0. The minimum atomic E-state index is 0. The van der Waals surface area contributed by atoms with Crippen LogP contribution in [-0.2, 0) is 14.3 Å². The van der Waals surface area contributed by atoms with Crippen LogP contribution in [0.4, 0.5) is 0 Å². The average Bonchev–Trinajstić information content (AvgIpc) is 2.98. The van der Waals surface area contributed by atoms with Gasteiger partial charge in [0.2, 0.25) is 5.91 Å². The molecule has 0 aromatic carbocycles.